The fourth-order valence-electron chi connectivity index (χ4n) is 3.17. The third kappa shape index (κ3) is 2.31. The van der Waals surface area contributed by atoms with Gasteiger partial charge < -0.3 is 14.6 Å². The normalized spacial score (nSPS) is 17.7. The van der Waals surface area contributed by atoms with Crippen molar-refractivity contribution in [3.8, 4) is 0 Å². The number of carbonyl (C=O) groups is 1. The Kier molecular flexibility index (Phi) is 3.74. The van der Waals surface area contributed by atoms with E-state index in [1.807, 2.05) is 23.6 Å². The Morgan fingerprint density at radius 2 is 2.27 bits per heavy atom. The summed E-state index contributed by atoms with van der Waals surface area (Å²) in [7, 11) is 1.58. The maximum atomic E-state index is 12.6. The van der Waals surface area contributed by atoms with Crippen molar-refractivity contribution in [1.82, 2.24) is 9.88 Å². The molecule has 1 aliphatic rings. The van der Waals surface area contributed by atoms with Gasteiger partial charge in [-0.1, -0.05) is 12.1 Å². The van der Waals surface area contributed by atoms with Gasteiger partial charge in [0.25, 0.3) is 5.91 Å². The molecule has 1 aliphatic heterocycles. The molecule has 2 atom stereocenters. The van der Waals surface area contributed by atoms with E-state index in [0.29, 0.717) is 12.0 Å². The first-order chi connectivity index (χ1) is 10.5. The lowest BCUT2D eigenvalue weighted by Gasteiger charge is -2.15. The van der Waals surface area contributed by atoms with Crippen LogP contribution in [0.25, 0.3) is 10.9 Å². The molecule has 0 radical (unpaired) electrons. The maximum absolute atomic E-state index is 12.6. The van der Waals surface area contributed by atoms with Crippen molar-refractivity contribution < 1.29 is 9.53 Å². The molecule has 0 spiro atoms. The SMILES string of the molecule is COC[C@H](C)NC(=O)c1cn2c3c(cccc3c1=O)C[C@@H]2C. The van der Waals surface area contributed by atoms with Crippen molar-refractivity contribution in [2.45, 2.75) is 32.4 Å². The van der Waals surface area contributed by atoms with E-state index in [-0.39, 0.29) is 29.0 Å². The van der Waals surface area contributed by atoms with Gasteiger partial charge in [0.15, 0.2) is 0 Å². The second-order valence-electron chi connectivity index (χ2n) is 5.98. The molecule has 22 heavy (non-hydrogen) atoms. The van der Waals surface area contributed by atoms with Crippen LogP contribution in [0.15, 0.2) is 29.2 Å². The van der Waals surface area contributed by atoms with Crippen molar-refractivity contribution in [2.24, 2.45) is 0 Å². The van der Waals surface area contributed by atoms with Gasteiger partial charge in [-0.25, -0.2) is 0 Å². The minimum atomic E-state index is -0.343. The predicted octanol–water partition coefficient (Wildman–Crippen LogP) is 1.88. The molecule has 5 heteroatoms. The number of rotatable bonds is 4. The number of aromatic nitrogens is 1. The number of hydrogen-bond donors (Lipinski definition) is 1. The van der Waals surface area contributed by atoms with Gasteiger partial charge in [0.05, 0.1) is 12.1 Å². The quantitative estimate of drug-likeness (QED) is 0.938. The number of amides is 1. The van der Waals surface area contributed by atoms with Crippen molar-refractivity contribution in [3.63, 3.8) is 0 Å². The van der Waals surface area contributed by atoms with Gasteiger partial charge in [-0.05, 0) is 31.9 Å². The average Bonchev–Trinajstić information content (AvgIpc) is 2.79. The number of benzene rings is 1. The fraction of sp³-hybridized carbons (Fsp3) is 0.412. The van der Waals surface area contributed by atoms with Crippen LogP contribution in [0, 0.1) is 0 Å². The summed E-state index contributed by atoms with van der Waals surface area (Å²) in [5.74, 6) is -0.343. The van der Waals surface area contributed by atoms with Crippen LogP contribution in [0.4, 0.5) is 0 Å². The van der Waals surface area contributed by atoms with Crippen molar-refractivity contribution in [1.29, 1.82) is 0 Å². The van der Waals surface area contributed by atoms with Crippen molar-refractivity contribution in [2.75, 3.05) is 13.7 Å². The van der Waals surface area contributed by atoms with Crippen LogP contribution in [-0.4, -0.2) is 30.2 Å². The van der Waals surface area contributed by atoms with Crippen LogP contribution in [0.1, 0.15) is 35.8 Å². The largest absolute Gasteiger partial charge is 0.383 e. The number of methoxy groups -OCH3 is 1. The lowest BCUT2D eigenvalue weighted by atomic mass is 10.1. The molecule has 0 fully saturated rings. The fourth-order valence-corrected chi connectivity index (χ4v) is 3.17. The van der Waals surface area contributed by atoms with Crippen LogP contribution >= 0.6 is 0 Å². The number of para-hydroxylation sites is 1. The van der Waals surface area contributed by atoms with E-state index in [0.717, 1.165) is 11.9 Å². The Morgan fingerprint density at radius 3 is 3.00 bits per heavy atom. The summed E-state index contributed by atoms with van der Waals surface area (Å²) in [6.45, 7) is 4.35. The minimum Gasteiger partial charge on any atom is -0.383 e. The second-order valence-corrected chi connectivity index (χ2v) is 5.98. The lowest BCUT2D eigenvalue weighted by molar-refractivity contribution is 0.0904. The molecule has 1 aromatic heterocycles. The summed E-state index contributed by atoms with van der Waals surface area (Å²) in [4.78, 5) is 25.0. The zero-order valence-electron chi connectivity index (χ0n) is 13.1. The molecule has 1 amide bonds. The highest BCUT2D eigenvalue weighted by Crippen LogP contribution is 2.30. The monoisotopic (exact) mass is 300 g/mol. The number of hydrogen-bond acceptors (Lipinski definition) is 3. The van der Waals surface area contributed by atoms with Gasteiger partial charge in [0, 0.05) is 30.8 Å². The smallest absolute Gasteiger partial charge is 0.257 e. The van der Waals surface area contributed by atoms with Crippen molar-refractivity contribution >= 4 is 16.8 Å². The molecule has 5 nitrogen and oxygen atoms in total. The van der Waals surface area contributed by atoms with Crippen LogP contribution in [0.3, 0.4) is 0 Å². The van der Waals surface area contributed by atoms with Gasteiger partial charge in [0.1, 0.15) is 5.56 Å². The van der Waals surface area contributed by atoms with Crippen LogP contribution in [0.2, 0.25) is 0 Å². The molecule has 3 rings (SSSR count). The maximum Gasteiger partial charge on any atom is 0.257 e. The highest BCUT2D eigenvalue weighted by Gasteiger charge is 2.24. The topological polar surface area (TPSA) is 60.3 Å². The third-order valence-corrected chi connectivity index (χ3v) is 4.16. The average molecular weight is 300 g/mol. The van der Waals surface area contributed by atoms with E-state index < -0.39 is 0 Å². The highest BCUT2D eigenvalue weighted by atomic mass is 16.5. The molecular weight excluding hydrogens is 280 g/mol. The van der Waals surface area contributed by atoms with E-state index in [9.17, 15) is 9.59 Å². The Hall–Kier alpha value is -2.14. The van der Waals surface area contributed by atoms with E-state index >= 15 is 0 Å². The Morgan fingerprint density at radius 1 is 1.50 bits per heavy atom. The Balaban J connectivity index is 2.08. The minimum absolute atomic E-state index is 0.144. The van der Waals surface area contributed by atoms with Gasteiger partial charge in [-0.2, -0.15) is 0 Å². The zero-order valence-corrected chi connectivity index (χ0v) is 13.1. The molecule has 1 N–H and O–H groups in total. The number of nitrogens with one attached hydrogen (secondary N) is 1. The number of pyridine rings is 1. The van der Waals surface area contributed by atoms with Crippen LogP contribution in [-0.2, 0) is 11.2 Å². The molecule has 0 saturated heterocycles. The summed E-state index contributed by atoms with van der Waals surface area (Å²) in [5, 5.41) is 3.43. The standard InChI is InChI=1S/C17H20N2O3/c1-10(9-22-3)18-17(21)14-8-19-11(2)7-12-5-4-6-13(15(12)19)16(14)20/h4-6,8,10-11H,7,9H2,1-3H3,(H,18,21)/t10-,11-/m0/s1. The van der Waals surface area contributed by atoms with E-state index in [1.165, 1.54) is 5.56 Å². The van der Waals surface area contributed by atoms with Gasteiger partial charge >= 0.3 is 0 Å². The summed E-state index contributed by atoms with van der Waals surface area (Å²) in [6.07, 6.45) is 2.59. The second kappa shape index (κ2) is 5.57. The van der Waals surface area contributed by atoms with E-state index in [1.54, 1.807) is 19.4 Å². The first kappa shape index (κ1) is 14.8. The molecule has 1 aromatic carbocycles. The molecular formula is C17H20N2O3. The predicted molar refractivity (Wildman–Crippen MR) is 85.4 cm³/mol. The molecule has 2 heterocycles. The molecule has 0 unspecified atom stereocenters. The zero-order chi connectivity index (χ0) is 15.9. The van der Waals surface area contributed by atoms with E-state index in [2.05, 4.69) is 12.2 Å². The van der Waals surface area contributed by atoms with E-state index in [4.69, 9.17) is 4.74 Å². The number of nitrogens with zero attached hydrogens (tertiary/aromatic N) is 1. The molecule has 0 bridgehead atoms. The molecule has 0 aliphatic carbocycles. The summed E-state index contributed by atoms with van der Waals surface area (Å²) in [6, 6.07) is 5.84. The Labute approximate surface area is 128 Å². The van der Waals surface area contributed by atoms with Crippen LogP contribution < -0.4 is 10.7 Å². The lowest BCUT2D eigenvalue weighted by Crippen LogP contribution is -2.38. The van der Waals surface area contributed by atoms with Gasteiger partial charge in [0.2, 0.25) is 5.43 Å². The highest BCUT2D eigenvalue weighted by molar-refractivity contribution is 5.98. The summed E-state index contributed by atoms with van der Waals surface area (Å²) in [5.41, 5.74) is 2.12. The van der Waals surface area contributed by atoms with Gasteiger partial charge in [-0.3, -0.25) is 9.59 Å². The molecule has 0 saturated carbocycles. The van der Waals surface area contributed by atoms with Crippen molar-refractivity contribution in [3.05, 3.63) is 45.7 Å². The first-order valence-electron chi connectivity index (χ1n) is 7.49. The summed E-state index contributed by atoms with van der Waals surface area (Å²) < 4.78 is 7.06. The van der Waals surface area contributed by atoms with Gasteiger partial charge in [-0.15, -0.1) is 0 Å². The molecule has 116 valence electrons. The first-order valence-corrected chi connectivity index (χ1v) is 7.49. The number of carbonyl (C=O) groups excluding carboxylic acids is 1. The molecule has 2 aromatic rings. The number of ether oxygens (including phenoxy) is 1. The summed E-state index contributed by atoms with van der Waals surface area (Å²) >= 11 is 0. The third-order valence-electron chi connectivity index (χ3n) is 4.16. The Bertz CT molecular complexity index is 794. The van der Waals surface area contributed by atoms with Crippen LogP contribution in [0.5, 0.6) is 0 Å².